The van der Waals surface area contributed by atoms with Crippen molar-refractivity contribution in [2.24, 2.45) is 5.92 Å². The average molecular weight is 525 g/mol. The van der Waals surface area contributed by atoms with E-state index in [-0.39, 0.29) is 17.0 Å². The molecule has 188 valence electrons. The van der Waals surface area contributed by atoms with E-state index in [1.807, 2.05) is 18.2 Å². The van der Waals surface area contributed by atoms with Crippen LogP contribution in [0.15, 0.2) is 55.1 Å². The number of pyridine rings is 3. The molecule has 1 aliphatic carbocycles. The Balaban J connectivity index is 1.24. The molecule has 0 spiro atoms. The first kappa shape index (κ1) is 22.7. The molecule has 0 aliphatic heterocycles. The van der Waals surface area contributed by atoms with Crippen molar-refractivity contribution in [3.05, 3.63) is 60.3 Å². The van der Waals surface area contributed by atoms with Crippen LogP contribution in [0, 0.1) is 11.0 Å². The van der Waals surface area contributed by atoms with Gasteiger partial charge in [-0.1, -0.05) is 12.8 Å². The fourth-order valence-electron chi connectivity index (χ4n) is 5.01. The van der Waals surface area contributed by atoms with E-state index >= 15 is 0 Å². The number of anilines is 1. The number of hydrogen-bond donors (Lipinski definition) is 3. The molecule has 1 fully saturated rings. The molecule has 6 aromatic heterocycles. The predicted octanol–water partition coefficient (Wildman–Crippen LogP) is 5.95. The van der Waals surface area contributed by atoms with Gasteiger partial charge in [-0.2, -0.15) is 9.49 Å². The van der Waals surface area contributed by atoms with Crippen molar-refractivity contribution in [3.8, 4) is 33.3 Å². The summed E-state index contributed by atoms with van der Waals surface area (Å²) < 4.78 is 13.7. The van der Waals surface area contributed by atoms with E-state index in [0.29, 0.717) is 39.0 Å². The maximum atomic E-state index is 13.7. The van der Waals surface area contributed by atoms with Gasteiger partial charge >= 0.3 is 0 Å². The molecule has 38 heavy (non-hydrogen) atoms. The van der Waals surface area contributed by atoms with Gasteiger partial charge in [0.15, 0.2) is 11.0 Å². The zero-order chi connectivity index (χ0) is 25.6. The third kappa shape index (κ3) is 4.01. The first-order valence-corrected chi connectivity index (χ1v) is 13.2. The highest BCUT2D eigenvalue weighted by Gasteiger charge is 2.23. The maximum Gasteiger partial charge on any atom is 0.227 e. The molecule has 11 heteroatoms. The molecule has 6 heterocycles. The monoisotopic (exact) mass is 524 g/mol. The van der Waals surface area contributed by atoms with Crippen LogP contribution in [-0.2, 0) is 4.79 Å². The van der Waals surface area contributed by atoms with E-state index in [9.17, 15) is 9.18 Å². The minimum atomic E-state index is -0.274. The Hall–Kier alpha value is -4.51. The average Bonchev–Trinajstić information content (AvgIpc) is 3.74. The molecule has 6 aromatic rings. The van der Waals surface area contributed by atoms with Gasteiger partial charge in [-0.05, 0) is 43.2 Å². The summed E-state index contributed by atoms with van der Waals surface area (Å²) >= 11 is 1.03. The van der Waals surface area contributed by atoms with E-state index < -0.39 is 0 Å². The molecule has 1 aliphatic rings. The highest BCUT2D eigenvalue weighted by atomic mass is 32.1. The molecule has 0 aromatic carbocycles. The summed E-state index contributed by atoms with van der Waals surface area (Å²) in [5.74, 6) is 0.677. The second-order valence-electron chi connectivity index (χ2n) is 9.37. The number of carbonyl (C=O) groups is 1. The number of nitrogens with one attached hydrogen (secondary N) is 3. The normalized spacial score (nSPS) is 14.0. The van der Waals surface area contributed by atoms with Crippen molar-refractivity contribution in [1.29, 1.82) is 0 Å². The zero-order valence-electron chi connectivity index (χ0n) is 20.0. The van der Waals surface area contributed by atoms with Crippen LogP contribution in [-0.4, -0.2) is 41.0 Å². The van der Waals surface area contributed by atoms with Crippen LogP contribution < -0.4 is 5.32 Å². The molecular weight excluding hydrogens is 503 g/mol. The van der Waals surface area contributed by atoms with Gasteiger partial charge in [0, 0.05) is 29.3 Å². The summed E-state index contributed by atoms with van der Waals surface area (Å²) in [6, 6.07) is 8.77. The van der Waals surface area contributed by atoms with Gasteiger partial charge in [0.2, 0.25) is 5.91 Å². The Morgan fingerprint density at radius 3 is 2.76 bits per heavy atom. The van der Waals surface area contributed by atoms with Crippen LogP contribution in [0.25, 0.3) is 55.3 Å². The van der Waals surface area contributed by atoms with E-state index in [2.05, 4.69) is 35.5 Å². The first-order valence-electron chi connectivity index (χ1n) is 12.3. The van der Waals surface area contributed by atoms with Crippen molar-refractivity contribution in [2.75, 3.05) is 5.32 Å². The summed E-state index contributed by atoms with van der Waals surface area (Å²) in [5.41, 5.74) is 5.53. The highest BCUT2D eigenvalue weighted by molar-refractivity contribution is 7.13. The Morgan fingerprint density at radius 1 is 1.03 bits per heavy atom. The number of halogens is 1. The SMILES string of the molecule is O=C(Nc1cncc(-c2cc3c(-c4nc5c(-c6ccc(F)s6)nccc5[nH]4)n[nH]c3cn2)c1)C1CCCC1. The molecular formula is C27H21FN8OS. The van der Waals surface area contributed by atoms with E-state index in [0.717, 1.165) is 59.0 Å². The minimum absolute atomic E-state index is 0.0472. The number of fused-ring (bicyclic) bond motifs is 2. The molecule has 9 nitrogen and oxygen atoms in total. The second-order valence-corrected chi connectivity index (χ2v) is 10.4. The van der Waals surface area contributed by atoms with Crippen molar-refractivity contribution < 1.29 is 9.18 Å². The van der Waals surface area contributed by atoms with Crippen molar-refractivity contribution in [3.63, 3.8) is 0 Å². The lowest BCUT2D eigenvalue weighted by atomic mass is 10.1. The molecule has 0 atom stereocenters. The number of imidazole rings is 1. The number of amides is 1. The largest absolute Gasteiger partial charge is 0.336 e. The topological polar surface area (TPSA) is 125 Å². The molecule has 0 unspecified atom stereocenters. The number of hydrogen-bond acceptors (Lipinski definition) is 7. The molecule has 0 saturated heterocycles. The zero-order valence-corrected chi connectivity index (χ0v) is 20.8. The van der Waals surface area contributed by atoms with Gasteiger partial charge in [0.05, 0.1) is 39.7 Å². The maximum absolute atomic E-state index is 13.7. The van der Waals surface area contributed by atoms with Gasteiger partial charge < -0.3 is 10.3 Å². The Bertz CT molecular complexity index is 1820. The van der Waals surface area contributed by atoms with Gasteiger partial charge in [-0.25, -0.2) is 4.98 Å². The Labute approximate surface area is 219 Å². The molecule has 3 N–H and O–H groups in total. The third-order valence-electron chi connectivity index (χ3n) is 6.91. The number of nitrogens with zero attached hydrogens (tertiary/aromatic N) is 5. The fraction of sp³-hybridized carbons (Fsp3) is 0.185. The molecule has 0 bridgehead atoms. The lowest BCUT2D eigenvalue weighted by Gasteiger charge is -2.11. The summed E-state index contributed by atoms with van der Waals surface area (Å²) in [6.45, 7) is 0. The Kier molecular flexibility index (Phi) is 5.43. The molecule has 0 radical (unpaired) electrons. The third-order valence-corrected chi connectivity index (χ3v) is 7.79. The van der Waals surface area contributed by atoms with Gasteiger partial charge in [-0.15, -0.1) is 11.3 Å². The smallest absolute Gasteiger partial charge is 0.227 e. The number of rotatable bonds is 5. The van der Waals surface area contributed by atoms with Gasteiger partial charge in [0.1, 0.15) is 16.9 Å². The van der Waals surface area contributed by atoms with Crippen LogP contribution in [0.5, 0.6) is 0 Å². The summed E-state index contributed by atoms with van der Waals surface area (Å²) in [6.07, 6.45) is 10.8. The quantitative estimate of drug-likeness (QED) is 0.256. The number of thiophene rings is 1. The van der Waals surface area contributed by atoms with Gasteiger partial charge in [-0.3, -0.25) is 24.8 Å². The van der Waals surface area contributed by atoms with E-state index in [1.54, 1.807) is 30.9 Å². The summed E-state index contributed by atoms with van der Waals surface area (Å²) in [5, 5.41) is 11.1. The number of H-pyrrole nitrogens is 2. The van der Waals surface area contributed by atoms with Crippen LogP contribution >= 0.6 is 11.3 Å². The van der Waals surface area contributed by atoms with Crippen molar-refractivity contribution in [1.82, 2.24) is 35.1 Å². The molecule has 1 saturated carbocycles. The van der Waals surface area contributed by atoms with E-state index in [4.69, 9.17) is 4.98 Å². The lowest BCUT2D eigenvalue weighted by Crippen LogP contribution is -2.20. The number of aromatic nitrogens is 7. The summed E-state index contributed by atoms with van der Waals surface area (Å²) in [7, 11) is 0. The molecule has 7 rings (SSSR count). The predicted molar refractivity (Wildman–Crippen MR) is 144 cm³/mol. The van der Waals surface area contributed by atoms with Gasteiger partial charge in [0.25, 0.3) is 0 Å². The first-order chi connectivity index (χ1) is 18.6. The van der Waals surface area contributed by atoms with Crippen LogP contribution in [0.3, 0.4) is 0 Å². The van der Waals surface area contributed by atoms with Crippen LogP contribution in [0.1, 0.15) is 25.7 Å². The van der Waals surface area contributed by atoms with Crippen LogP contribution in [0.4, 0.5) is 10.1 Å². The standard InChI is InChI=1S/C27H21FN8OS/c28-22-6-5-21(38-22)25-24-18(7-8-30-25)33-26(34-24)23-17-10-19(31-13-20(17)35-36-23)15-9-16(12-29-11-15)32-27(37)14-3-1-2-4-14/h5-14H,1-4H2,(H,32,37)(H,33,34)(H,35,36). The summed E-state index contributed by atoms with van der Waals surface area (Å²) in [4.78, 5) is 34.8. The van der Waals surface area contributed by atoms with Crippen molar-refractivity contribution in [2.45, 2.75) is 25.7 Å². The van der Waals surface area contributed by atoms with E-state index in [1.165, 1.54) is 6.07 Å². The lowest BCUT2D eigenvalue weighted by molar-refractivity contribution is -0.119. The number of aromatic amines is 2. The number of carbonyl (C=O) groups excluding carboxylic acids is 1. The second kappa shape index (κ2) is 9.10. The minimum Gasteiger partial charge on any atom is -0.336 e. The van der Waals surface area contributed by atoms with Crippen molar-refractivity contribution >= 4 is 44.9 Å². The molecule has 1 amide bonds. The Morgan fingerprint density at radius 2 is 1.92 bits per heavy atom. The highest BCUT2D eigenvalue weighted by Crippen LogP contribution is 2.34. The van der Waals surface area contributed by atoms with Crippen LogP contribution in [0.2, 0.25) is 0 Å². The fourth-order valence-corrected chi connectivity index (χ4v) is 5.73.